The minimum Gasteiger partial charge on any atom is -0.317 e. The Morgan fingerprint density at radius 3 is 2.58 bits per heavy atom. The van der Waals surface area contributed by atoms with Crippen LogP contribution in [-0.4, -0.2) is 40.5 Å². The van der Waals surface area contributed by atoms with Crippen LogP contribution in [0.4, 0.5) is 5.69 Å². The third-order valence-electron chi connectivity index (χ3n) is 4.41. The van der Waals surface area contributed by atoms with Crippen LogP contribution in [-0.2, 0) is 0 Å². The summed E-state index contributed by atoms with van der Waals surface area (Å²) in [5.41, 5.74) is 2.20. The van der Waals surface area contributed by atoms with E-state index in [9.17, 15) is 4.79 Å². The number of benzene rings is 1. The lowest BCUT2D eigenvalue weighted by Crippen LogP contribution is -2.32. The molecule has 1 fully saturated rings. The van der Waals surface area contributed by atoms with Crippen molar-refractivity contribution < 1.29 is 4.79 Å². The standard InChI is InChI=1S/C17H23N5O.ClH/c1-3-21(14-7-5-4-6-8-14)17(23)16-13(2)22(20-19-16)15-9-11-18-12-10-15;/h4-8,15,18H,3,9-12H2,1-2H3;1H. The van der Waals surface area contributed by atoms with Crippen molar-refractivity contribution in [1.82, 2.24) is 20.3 Å². The topological polar surface area (TPSA) is 63.1 Å². The van der Waals surface area contributed by atoms with E-state index in [0.717, 1.165) is 37.3 Å². The van der Waals surface area contributed by atoms with Gasteiger partial charge in [-0.2, -0.15) is 0 Å². The molecule has 0 spiro atoms. The van der Waals surface area contributed by atoms with Gasteiger partial charge in [0.1, 0.15) is 0 Å². The molecular formula is C17H24ClN5O. The summed E-state index contributed by atoms with van der Waals surface area (Å²) in [7, 11) is 0. The zero-order valence-electron chi connectivity index (χ0n) is 14.1. The molecule has 0 unspecified atom stereocenters. The van der Waals surface area contributed by atoms with Crippen molar-refractivity contribution >= 4 is 24.0 Å². The summed E-state index contributed by atoms with van der Waals surface area (Å²) in [6.45, 7) is 6.48. The Morgan fingerprint density at radius 1 is 1.29 bits per heavy atom. The van der Waals surface area contributed by atoms with E-state index < -0.39 is 0 Å². The summed E-state index contributed by atoms with van der Waals surface area (Å²) in [4.78, 5) is 14.6. The number of hydrogen-bond acceptors (Lipinski definition) is 4. The van der Waals surface area contributed by atoms with Crippen LogP contribution in [0.25, 0.3) is 0 Å². The van der Waals surface area contributed by atoms with Crippen LogP contribution in [0.15, 0.2) is 30.3 Å². The molecule has 24 heavy (non-hydrogen) atoms. The van der Waals surface area contributed by atoms with Crippen molar-refractivity contribution in [3.63, 3.8) is 0 Å². The third-order valence-corrected chi connectivity index (χ3v) is 4.41. The summed E-state index contributed by atoms with van der Waals surface area (Å²) in [6, 6.07) is 10.0. The molecule has 0 radical (unpaired) electrons. The molecule has 3 rings (SSSR count). The molecule has 2 aromatic rings. The molecule has 0 aliphatic carbocycles. The van der Waals surface area contributed by atoms with Crippen molar-refractivity contribution in [2.24, 2.45) is 0 Å². The summed E-state index contributed by atoms with van der Waals surface area (Å²) in [5, 5.41) is 11.8. The highest BCUT2D eigenvalue weighted by Gasteiger charge is 2.26. The van der Waals surface area contributed by atoms with Crippen LogP contribution in [0, 0.1) is 6.92 Å². The number of amides is 1. The Kier molecular flexibility index (Phi) is 6.34. The van der Waals surface area contributed by atoms with Gasteiger partial charge >= 0.3 is 0 Å². The minimum absolute atomic E-state index is 0. The molecule has 0 bridgehead atoms. The number of anilines is 1. The van der Waals surface area contributed by atoms with Crippen molar-refractivity contribution in [3.8, 4) is 0 Å². The first-order valence-corrected chi connectivity index (χ1v) is 8.21. The number of nitrogens with one attached hydrogen (secondary N) is 1. The van der Waals surface area contributed by atoms with Gasteiger partial charge in [-0.15, -0.1) is 17.5 Å². The van der Waals surface area contributed by atoms with Gasteiger partial charge < -0.3 is 10.2 Å². The van der Waals surface area contributed by atoms with Crippen LogP contribution >= 0.6 is 12.4 Å². The van der Waals surface area contributed by atoms with E-state index in [-0.39, 0.29) is 18.3 Å². The van der Waals surface area contributed by atoms with Gasteiger partial charge in [-0.05, 0) is 51.9 Å². The van der Waals surface area contributed by atoms with E-state index >= 15 is 0 Å². The van der Waals surface area contributed by atoms with Gasteiger partial charge in [0.05, 0.1) is 11.7 Å². The van der Waals surface area contributed by atoms with Crippen LogP contribution < -0.4 is 10.2 Å². The number of para-hydroxylation sites is 1. The number of aromatic nitrogens is 3. The lowest BCUT2D eigenvalue weighted by Gasteiger charge is -2.24. The molecule has 0 saturated carbocycles. The monoisotopic (exact) mass is 349 g/mol. The zero-order chi connectivity index (χ0) is 16.2. The van der Waals surface area contributed by atoms with Crippen LogP contribution in [0.1, 0.15) is 42.0 Å². The van der Waals surface area contributed by atoms with Gasteiger partial charge in [0.15, 0.2) is 5.69 Å². The van der Waals surface area contributed by atoms with Crippen LogP contribution in [0.5, 0.6) is 0 Å². The molecule has 1 aliphatic heterocycles. The largest absolute Gasteiger partial charge is 0.317 e. The SMILES string of the molecule is CCN(C(=O)c1nnn(C2CCNCC2)c1C)c1ccccc1.Cl. The molecule has 7 heteroatoms. The van der Waals surface area contributed by atoms with E-state index in [2.05, 4.69) is 15.6 Å². The van der Waals surface area contributed by atoms with E-state index in [4.69, 9.17) is 0 Å². The second-order valence-electron chi connectivity index (χ2n) is 5.83. The Labute approximate surface area is 148 Å². The highest BCUT2D eigenvalue weighted by atomic mass is 35.5. The number of piperidine rings is 1. The second kappa shape index (κ2) is 8.26. The maximum atomic E-state index is 12.9. The van der Waals surface area contributed by atoms with Gasteiger partial charge in [-0.1, -0.05) is 23.4 Å². The number of halogens is 1. The molecule has 1 saturated heterocycles. The molecule has 1 amide bonds. The van der Waals surface area contributed by atoms with E-state index in [1.54, 1.807) is 4.90 Å². The van der Waals surface area contributed by atoms with Crippen molar-refractivity contribution in [2.45, 2.75) is 32.7 Å². The highest BCUT2D eigenvalue weighted by Crippen LogP contribution is 2.22. The molecule has 2 heterocycles. The molecular weight excluding hydrogens is 326 g/mol. The molecule has 130 valence electrons. The summed E-state index contributed by atoms with van der Waals surface area (Å²) in [5.74, 6) is -0.0867. The molecule has 6 nitrogen and oxygen atoms in total. The third kappa shape index (κ3) is 3.60. The summed E-state index contributed by atoms with van der Waals surface area (Å²) < 4.78 is 1.92. The second-order valence-corrected chi connectivity index (χ2v) is 5.83. The lowest BCUT2D eigenvalue weighted by atomic mass is 10.1. The Morgan fingerprint density at radius 2 is 1.96 bits per heavy atom. The number of carbonyl (C=O) groups is 1. The van der Waals surface area contributed by atoms with E-state index in [1.807, 2.05) is 48.9 Å². The maximum Gasteiger partial charge on any atom is 0.280 e. The molecule has 1 N–H and O–H groups in total. The minimum atomic E-state index is -0.0867. The number of rotatable bonds is 4. The Balaban J connectivity index is 0.00000208. The summed E-state index contributed by atoms with van der Waals surface area (Å²) in [6.07, 6.45) is 2.04. The van der Waals surface area contributed by atoms with Gasteiger partial charge in [0, 0.05) is 12.2 Å². The fourth-order valence-corrected chi connectivity index (χ4v) is 3.12. The lowest BCUT2D eigenvalue weighted by molar-refractivity contribution is 0.0983. The van der Waals surface area contributed by atoms with Crippen molar-refractivity contribution in [2.75, 3.05) is 24.5 Å². The Bertz CT molecular complexity index is 667. The Hall–Kier alpha value is -1.92. The van der Waals surface area contributed by atoms with Crippen molar-refractivity contribution in [1.29, 1.82) is 0 Å². The quantitative estimate of drug-likeness (QED) is 0.921. The zero-order valence-corrected chi connectivity index (χ0v) is 14.9. The van der Waals surface area contributed by atoms with Crippen LogP contribution in [0.2, 0.25) is 0 Å². The first kappa shape index (κ1) is 18.4. The smallest absolute Gasteiger partial charge is 0.280 e. The number of hydrogen-bond donors (Lipinski definition) is 1. The summed E-state index contributed by atoms with van der Waals surface area (Å²) >= 11 is 0. The average molecular weight is 350 g/mol. The number of carbonyl (C=O) groups excluding carboxylic acids is 1. The van der Waals surface area contributed by atoms with Gasteiger partial charge in [0.25, 0.3) is 5.91 Å². The van der Waals surface area contributed by atoms with E-state index in [1.165, 1.54) is 0 Å². The molecule has 0 atom stereocenters. The first-order valence-electron chi connectivity index (χ1n) is 8.21. The van der Waals surface area contributed by atoms with Crippen molar-refractivity contribution in [3.05, 3.63) is 41.7 Å². The van der Waals surface area contributed by atoms with Gasteiger partial charge in [0.2, 0.25) is 0 Å². The normalized spacial score (nSPS) is 14.9. The molecule has 1 aliphatic rings. The highest BCUT2D eigenvalue weighted by molar-refractivity contribution is 6.05. The molecule has 1 aromatic heterocycles. The average Bonchev–Trinajstić information content (AvgIpc) is 2.99. The van der Waals surface area contributed by atoms with Gasteiger partial charge in [-0.25, -0.2) is 4.68 Å². The van der Waals surface area contributed by atoms with E-state index in [0.29, 0.717) is 18.3 Å². The predicted molar refractivity (Wildman–Crippen MR) is 96.9 cm³/mol. The van der Waals surface area contributed by atoms with Crippen LogP contribution in [0.3, 0.4) is 0 Å². The first-order chi connectivity index (χ1) is 11.2. The predicted octanol–water partition coefficient (Wildman–Crippen LogP) is 2.60. The maximum absolute atomic E-state index is 12.9. The fraction of sp³-hybridized carbons (Fsp3) is 0.471. The van der Waals surface area contributed by atoms with Gasteiger partial charge in [-0.3, -0.25) is 4.79 Å². The number of nitrogens with zero attached hydrogens (tertiary/aromatic N) is 4. The fourth-order valence-electron chi connectivity index (χ4n) is 3.12. The molecule has 1 aromatic carbocycles.